The molecule has 0 saturated heterocycles. The Labute approximate surface area is 50.8 Å². The molecule has 2 N–H and O–H groups in total. The van der Waals surface area contributed by atoms with Crippen molar-refractivity contribution in [3.63, 3.8) is 0 Å². The third kappa shape index (κ3) is 2.75. The van der Waals surface area contributed by atoms with Gasteiger partial charge in [-0.25, -0.2) is 0 Å². The minimum atomic E-state index is -0.339. The molecule has 0 aliphatic carbocycles. The van der Waals surface area contributed by atoms with Gasteiger partial charge in [-0.05, 0) is 26.5 Å². The summed E-state index contributed by atoms with van der Waals surface area (Å²) in [7, 11) is 0. The summed E-state index contributed by atoms with van der Waals surface area (Å²) < 4.78 is 0. The highest BCUT2D eigenvalue weighted by Crippen LogP contribution is 2.03. The molecule has 0 fully saturated rings. The third-order valence-corrected chi connectivity index (χ3v) is 1.14. The fourth-order valence-electron chi connectivity index (χ4n) is 0.386. The molecule has 0 aromatic carbocycles. The van der Waals surface area contributed by atoms with Crippen molar-refractivity contribution < 1.29 is 0 Å². The van der Waals surface area contributed by atoms with Gasteiger partial charge in [-0.15, -0.1) is 0 Å². The van der Waals surface area contributed by atoms with E-state index in [0.29, 0.717) is 0 Å². The first-order chi connectivity index (χ1) is 3.62. The van der Waals surface area contributed by atoms with Gasteiger partial charge in [-0.3, -0.25) is 4.99 Å². The van der Waals surface area contributed by atoms with E-state index >= 15 is 0 Å². The second kappa shape index (κ2) is 2.82. The van der Waals surface area contributed by atoms with Gasteiger partial charge in [-0.2, -0.15) is 0 Å². The maximum absolute atomic E-state index is 5.63. The van der Waals surface area contributed by atoms with Crippen molar-refractivity contribution in [1.82, 2.24) is 0 Å². The van der Waals surface area contributed by atoms with Gasteiger partial charge in [0.15, 0.2) is 0 Å². The molecule has 0 rings (SSSR count). The lowest BCUT2D eigenvalue weighted by Gasteiger charge is -2.15. The molecule has 0 heterocycles. The Balaban J connectivity index is 3.71. The maximum atomic E-state index is 5.63. The molecule has 0 aliphatic heterocycles. The van der Waals surface area contributed by atoms with Crippen LogP contribution in [0.5, 0.6) is 0 Å². The summed E-state index contributed by atoms with van der Waals surface area (Å²) in [5, 5.41) is 0. The number of nitrogens with two attached hydrogens (primary N) is 1. The van der Waals surface area contributed by atoms with E-state index in [-0.39, 0.29) is 5.66 Å². The molecule has 0 aliphatic rings. The Morgan fingerprint density at radius 3 is 2.38 bits per heavy atom. The van der Waals surface area contributed by atoms with Crippen LogP contribution < -0.4 is 5.73 Å². The van der Waals surface area contributed by atoms with Gasteiger partial charge in [0.2, 0.25) is 0 Å². The average molecular weight is 114 g/mol. The molecule has 48 valence electrons. The SMILES string of the molecule is C/C=N\C(C)(N)CC. The monoisotopic (exact) mass is 114 g/mol. The van der Waals surface area contributed by atoms with Gasteiger partial charge in [-0.1, -0.05) is 6.92 Å². The van der Waals surface area contributed by atoms with Gasteiger partial charge in [0.1, 0.15) is 5.66 Å². The number of nitrogens with zero attached hydrogens (tertiary/aromatic N) is 1. The van der Waals surface area contributed by atoms with Crippen LogP contribution in [0.3, 0.4) is 0 Å². The zero-order chi connectivity index (χ0) is 6.62. The fourth-order valence-corrected chi connectivity index (χ4v) is 0.386. The lowest BCUT2D eigenvalue weighted by Crippen LogP contribution is -2.32. The lowest BCUT2D eigenvalue weighted by molar-refractivity contribution is 0.479. The van der Waals surface area contributed by atoms with Crippen molar-refractivity contribution >= 4 is 6.21 Å². The maximum Gasteiger partial charge on any atom is 0.104 e. The number of hydrogen-bond acceptors (Lipinski definition) is 2. The van der Waals surface area contributed by atoms with E-state index in [0.717, 1.165) is 6.42 Å². The van der Waals surface area contributed by atoms with Crippen LogP contribution in [0.25, 0.3) is 0 Å². The number of hydrogen-bond donors (Lipinski definition) is 1. The van der Waals surface area contributed by atoms with Crippen molar-refractivity contribution in [2.45, 2.75) is 32.9 Å². The molecule has 1 unspecified atom stereocenters. The van der Waals surface area contributed by atoms with Crippen molar-refractivity contribution in [2.24, 2.45) is 10.7 Å². The second-order valence-corrected chi connectivity index (χ2v) is 2.10. The Hall–Kier alpha value is -0.370. The number of rotatable bonds is 2. The zero-order valence-corrected chi connectivity index (χ0v) is 5.81. The van der Waals surface area contributed by atoms with Gasteiger partial charge < -0.3 is 5.73 Å². The van der Waals surface area contributed by atoms with Crippen LogP contribution in [0.2, 0.25) is 0 Å². The summed E-state index contributed by atoms with van der Waals surface area (Å²) >= 11 is 0. The van der Waals surface area contributed by atoms with E-state index in [1.807, 2.05) is 20.8 Å². The van der Waals surface area contributed by atoms with Gasteiger partial charge in [0, 0.05) is 0 Å². The van der Waals surface area contributed by atoms with Crippen LogP contribution in [-0.2, 0) is 0 Å². The highest BCUT2D eigenvalue weighted by molar-refractivity contribution is 5.53. The van der Waals surface area contributed by atoms with E-state index in [9.17, 15) is 0 Å². The summed E-state index contributed by atoms with van der Waals surface area (Å²) in [6.45, 7) is 5.81. The van der Waals surface area contributed by atoms with E-state index in [4.69, 9.17) is 5.73 Å². The molecular weight excluding hydrogens is 100 g/mol. The van der Waals surface area contributed by atoms with Gasteiger partial charge in [0.25, 0.3) is 0 Å². The topological polar surface area (TPSA) is 38.4 Å². The number of aliphatic imine (C=N–C) groups is 1. The third-order valence-electron chi connectivity index (χ3n) is 1.14. The predicted octanol–water partition coefficient (Wildman–Crippen LogP) is 1.16. The highest BCUT2D eigenvalue weighted by atomic mass is 15.0. The molecular formula is C6H14N2. The first-order valence-electron chi connectivity index (χ1n) is 2.91. The van der Waals surface area contributed by atoms with Crippen LogP contribution in [0, 0.1) is 0 Å². The molecule has 0 aromatic rings. The van der Waals surface area contributed by atoms with E-state index in [2.05, 4.69) is 4.99 Å². The van der Waals surface area contributed by atoms with Crippen LogP contribution >= 0.6 is 0 Å². The lowest BCUT2D eigenvalue weighted by atomic mass is 10.2. The van der Waals surface area contributed by atoms with E-state index < -0.39 is 0 Å². The summed E-state index contributed by atoms with van der Waals surface area (Å²) in [4.78, 5) is 4.03. The highest BCUT2D eigenvalue weighted by Gasteiger charge is 2.09. The van der Waals surface area contributed by atoms with Crippen LogP contribution in [-0.4, -0.2) is 11.9 Å². The molecule has 2 nitrogen and oxygen atoms in total. The molecule has 0 bridgehead atoms. The largest absolute Gasteiger partial charge is 0.307 e. The summed E-state index contributed by atoms with van der Waals surface area (Å²) in [5.74, 6) is 0. The quantitative estimate of drug-likeness (QED) is 0.537. The predicted molar refractivity (Wildman–Crippen MR) is 37.0 cm³/mol. The van der Waals surface area contributed by atoms with Crippen LogP contribution in [0.1, 0.15) is 27.2 Å². The zero-order valence-electron chi connectivity index (χ0n) is 5.81. The molecule has 0 spiro atoms. The van der Waals surface area contributed by atoms with Gasteiger partial charge in [0.05, 0.1) is 0 Å². The Bertz CT molecular complexity index is 84.5. The molecule has 2 heteroatoms. The Kier molecular flexibility index (Phi) is 2.69. The molecule has 0 saturated carbocycles. The minimum absolute atomic E-state index is 0.339. The van der Waals surface area contributed by atoms with Crippen molar-refractivity contribution in [3.05, 3.63) is 0 Å². The van der Waals surface area contributed by atoms with Crippen molar-refractivity contribution in [3.8, 4) is 0 Å². The first-order valence-corrected chi connectivity index (χ1v) is 2.91. The summed E-state index contributed by atoms with van der Waals surface area (Å²) in [5.41, 5.74) is 5.29. The summed E-state index contributed by atoms with van der Waals surface area (Å²) in [6.07, 6.45) is 2.63. The van der Waals surface area contributed by atoms with Gasteiger partial charge >= 0.3 is 0 Å². The van der Waals surface area contributed by atoms with E-state index in [1.54, 1.807) is 6.21 Å². The van der Waals surface area contributed by atoms with Crippen LogP contribution in [0.15, 0.2) is 4.99 Å². The molecule has 0 aromatic heterocycles. The van der Waals surface area contributed by atoms with Crippen LogP contribution in [0.4, 0.5) is 0 Å². The van der Waals surface area contributed by atoms with Crippen molar-refractivity contribution in [1.29, 1.82) is 0 Å². The normalized spacial score (nSPS) is 19.0. The molecule has 0 radical (unpaired) electrons. The molecule has 1 atom stereocenters. The van der Waals surface area contributed by atoms with Crippen molar-refractivity contribution in [2.75, 3.05) is 0 Å². The molecule has 0 amide bonds. The standard InChI is InChI=1S/C6H14N2/c1-4-6(3,7)8-5-2/h5H,4,7H2,1-3H3/b8-5-. The molecule has 8 heavy (non-hydrogen) atoms. The Morgan fingerprint density at radius 2 is 2.25 bits per heavy atom. The smallest absolute Gasteiger partial charge is 0.104 e. The Morgan fingerprint density at radius 1 is 1.75 bits per heavy atom. The minimum Gasteiger partial charge on any atom is -0.307 e. The second-order valence-electron chi connectivity index (χ2n) is 2.10. The van der Waals surface area contributed by atoms with E-state index in [1.165, 1.54) is 0 Å². The average Bonchev–Trinajstić information content (AvgIpc) is 1.67. The fraction of sp³-hybridized carbons (Fsp3) is 0.833. The first kappa shape index (κ1) is 7.63. The summed E-state index contributed by atoms with van der Waals surface area (Å²) in [6, 6.07) is 0.